The number of unbranched alkanes of at least 4 members (excludes halogenated alkanes) is 1. The largest absolute Gasteiger partial charge is 0.481 e. The lowest BCUT2D eigenvalue weighted by Crippen LogP contribution is -2.31. The fourth-order valence-electron chi connectivity index (χ4n) is 2.57. The van der Waals surface area contributed by atoms with E-state index in [2.05, 4.69) is 9.98 Å². The van der Waals surface area contributed by atoms with Crippen LogP contribution in [0.25, 0.3) is 5.70 Å². The number of aromatic nitrogens is 1. The van der Waals surface area contributed by atoms with Crippen LogP contribution >= 0.6 is 11.8 Å². The predicted octanol–water partition coefficient (Wildman–Crippen LogP) is 3.48. The van der Waals surface area contributed by atoms with Gasteiger partial charge >= 0.3 is 5.97 Å². The molecular formula is C18H16FN3O4S. The summed E-state index contributed by atoms with van der Waals surface area (Å²) < 4.78 is 19.1. The quantitative estimate of drug-likeness (QED) is 0.572. The van der Waals surface area contributed by atoms with Crippen molar-refractivity contribution in [3.05, 3.63) is 47.8 Å². The van der Waals surface area contributed by atoms with Gasteiger partial charge in [-0.3, -0.25) is 4.79 Å². The van der Waals surface area contributed by atoms with Crippen molar-refractivity contribution in [3.63, 3.8) is 0 Å². The summed E-state index contributed by atoms with van der Waals surface area (Å²) in [5.41, 5.74) is 0.669. The van der Waals surface area contributed by atoms with Crippen molar-refractivity contribution in [2.75, 3.05) is 6.54 Å². The van der Waals surface area contributed by atoms with Crippen LogP contribution in [0.2, 0.25) is 0 Å². The van der Waals surface area contributed by atoms with Crippen molar-refractivity contribution in [2.45, 2.75) is 25.0 Å². The first kappa shape index (κ1) is 18.9. The number of oxazole rings is 1. The van der Waals surface area contributed by atoms with E-state index in [1.165, 1.54) is 24.2 Å². The van der Waals surface area contributed by atoms with Gasteiger partial charge in [0.15, 0.2) is 23.2 Å². The first-order valence-corrected chi connectivity index (χ1v) is 9.22. The second-order valence-corrected chi connectivity index (χ2v) is 6.68. The Hall–Kier alpha value is -2.90. The molecule has 1 aromatic heterocycles. The molecule has 0 unspecified atom stereocenters. The third-order valence-electron chi connectivity index (χ3n) is 3.90. The number of carboxylic acid groups (broad SMARTS) is 1. The molecule has 3 rings (SSSR count). The van der Waals surface area contributed by atoms with Crippen LogP contribution in [0.4, 0.5) is 10.2 Å². The Morgan fingerprint density at radius 3 is 2.89 bits per heavy atom. The number of fused-ring (bicyclic) bond motifs is 1. The zero-order valence-electron chi connectivity index (χ0n) is 14.2. The van der Waals surface area contributed by atoms with Gasteiger partial charge in [0.25, 0.3) is 0 Å². The van der Waals surface area contributed by atoms with Gasteiger partial charge < -0.3 is 14.4 Å². The molecule has 0 bridgehead atoms. The number of carbonyl (C=O) groups is 1. The van der Waals surface area contributed by atoms with Gasteiger partial charge in [-0.25, -0.2) is 14.2 Å². The maximum atomic E-state index is 13.9. The highest BCUT2D eigenvalue weighted by atomic mass is 32.2. The molecule has 0 radical (unpaired) electrons. The van der Waals surface area contributed by atoms with E-state index >= 15 is 0 Å². The highest BCUT2D eigenvalue weighted by molar-refractivity contribution is 8.13. The number of carbonyl (C=O) groups excluding carboxylic acids is 1. The number of amidine groups is 1. The molecule has 0 fully saturated rings. The summed E-state index contributed by atoms with van der Waals surface area (Å²) in [6.45, 7) is 0.362. The first-order chi connectivity index (χ1) is 13.1. The van der Waals surface area contributed by atoms with E-state index in [1.807, 2.05) is 5.94 Å². The smallest absolute Gasteiger partial charge is 0.303 e. The zero-order valence-corrected chi connectivity index (χ0v) is 15.0. The van der Waals surface area contributed by atoms with Crippen molar-refractivity contribution >= 4 is 40.4 Å². The third kappa shape index (κ3) is 4.45. The van der Waals surface area contributed by atoms with Crippen LogP contribution in [0.1, 0.15) is 30.6 Å². The normalized spacial score (nSPS) is 13.1. The molecule has 2 heterocycles. The molecule has 1 aliphatic heterocycles. The van der Waals surface area contributed by atoms with E-state index < -0.39 is 5.97 Å². The first-order valence-electron chi connectivity index (χ1n) is 8.23. The van der Waals surface area contributed by atoms with Gasteiger partial charge in [0.05, 0.1) is 0 Å². The van der Waals surface area contributed by atoms with Gasteiger partial charge in [0.2, 0.25) is 11.6 Å². The van der Waals surface area contributed by atoms with Crippen LogP contribution in [0.5, 0.6) is 0 Å². The Morgan fingerprint density at radius 2 is 2.15 bits per heavy atom. The summed E-state index contributed by atoms with van der Waals surface area (Å²) >= 11 is 1.26. The maximum Gasteiger partial charge on any atom is 0.303 e. The Kier molecular flexibility index (Phi) is 6.05. The second kappa shape index (κ2) is 8.66. The van der Waals surface area contributed by atoms with Gasteiger partial charge in [-0.2, -0.15) is 4.98 Å². The van der Waals surface area contributed by atoms with E-state index in [1.54, 1.807) is 23.1 Å². The second-order valence-electron chi connectivity index (χ2n) is 5.73. The van der Waals surface area contributed by atoms with Crippen LogP contribution in [0, 0.1) is 5.82 Å². The molecule has 140 valence electrons. The van der Waals surface area contributed by atoms with Crippen LogP contribution in [0.3, 0.4) is 0 Å². The monoisotopic (exact) mass is 389 g/mol. The van der Waals surface area contributed by atoms with Crippen LogP contribution < -0.4 is 0 Å². The van der Waals surface area contributed by atoms with Crippen LogP contribution in [-0.2, 0) is 15.3 Å². The lowest BCUT2D eigenvalue weighted by atomic mass is 10.2. The highest BCUT2D eigenvalue weighted by Gasteiger charge is 2.30. The van der Waals surface area contributed by atoms with Crippen molar-refractivity contribution in [1.82, 2.24) is 9.88 Å². The molecule has 1 aliphatic rings. The lowest BCUT2D eigenvalue weighted by Gasteiger charge is -2.27. The molecule has 0 spiro atoms. The van der Waals surface area contributed by atoms with E-state index in [0.717, 1.165) is 0 Å². The molecule has 9 heteroatoms. The molecule has 0 saturated carbocycles. The minimum absolute atomic E-state index is 0.0381. The van der Waals surface area contributed by atoms with Crippen molar-refractivity contribution in [3.8, 4) is 0 Å². The number of halogens is 1. The summed E-state index contributed by atoms with van der Waals surface area (Å²) in [4.78, 5) is 32.2. The molecule has 7 nitrogen and oxygen atoms in total. The molecule has 1 N–H and O–H groups in total. The summed E-state index contributed by atoms with van der Waals surface area (Å²) in [5, 5.41) is 9.24. The van der Waals surface area contributed by atoms with Gasteiger partial charge in [-0.1, -0.05) is 30.0 Å². The average Bonchev–Trinajstić information content (AvgIpc) is 3.12. The van der Waals surface area contributed by atoms with E-state index in [4.69, 9.17) is 9.52 Å². The van der Waals surface area contributed by atoms with Gasteiger partial charge in [0.1, 0.15) is 5.82 Å². The molecule has 0 saturated heterocycles. The van der Waals surface area contributed by atoms with Crippen molar-refractivity contribution in [2.24, 2.45) is 4.99 Å². The SMILES string of the molecule is O=C=C1c2ocnc2N=C(SCc2ccccc2F)N1CCCCC(=O)O. The highest BCUT2D eigenvalue weighted by Crippen LogP contribution is 2.35. The number of aliphatic carboxylic acids is 1. The van der Waals surface area contributed by atoms with Gasteiger partial charge in [-0.15, -0.1) is 0 Å². The maximum absolute atomic E-state index is 13.9. The minimum atomic E-state index is -0.875. The fraction of sp³-hybridized carbons (Fsp3) is 0.278. The molecule has 0 amide bonds. The Morgan fingerprint density at radius 1 is 1.33 bits per heavy atom. The minimum Gasteiger partial charge on any atom is -0.481 e. The molecule has 27 heavy (non-hydrogen) atoms. The number of hydrogen-bond acceptors (Lipinski definition) is 7. The van der Waals surface area contributed by atoms with Gasteiger partial charge in [0, 0.05) is 18.7 Å². The van der Waals surface area contributed by atoms with E-state index in [0.29, 0.717) is 35.9 Å². The number of rotatable bonds is 7. The number of benzene rings is 1. The van der Waals surface area contributed by atoms with E-state index in [9.17, 15) is 14.0 Å². The topological polar surface area (TPSA) is 96.0 Å². The molecule has 2 aromatic rings. The number of nitrogens with zero attached hydrogens (tertiary/aromatic N) is 3. The Labute approximate surface area is 158 Å². The summed E-state index contributed by atoms with van der Waals surface area (Å²) in [6.07, 6.45) is 2.21. The summed E-state index contributed by atoms with van der Waals surface area (Å²) in [6, 6.07) is 6.43. The molecule has 1 aromatic carbocycles. The van der Waals surface area contributed by atoms with E-state index in [-0.39, 0.29) is 29.5 Å². The summed E-state index contributed by atoms with van der Waals surface area (Å²) in [7, 11) is 0. The predicted molar refractivity (Wildman–Crippen MR) is 98.6 cm³/mol. The molecule has 0 atom stereocenters. The fourth-order valence-corrected chi connectivity index (χ4v) is 3.58. The molecular weight excluding hydrogens is 373 g/mol. The number of hydrogen-bond donors (Lipinski definition) is 1. The molecule has 0 aliphatic carbocycles. The standard InChI is InChI=1S/C18H16FN3O4S/c19-13-6-2-1-5-12(13)10-27-18-21-17-16(26-11-20-17)14(9-23)22(18)8-4-3-7-15(24)25/h1-2,5-6,11H,3-4,7-8,10H2,(H,24,25). The number of aliphatic imine (C=N–C) groups is 1. The number of thioether (sulfide) groups is 1. The zero-order chi connectivity index (χ0) is 19.2. The lowest BCUT2D eigenvalue weighted by molar-refractivity contribution is -0.137. The van der Waals surface area contributed by atoms with Crippen LogP contribution in [-0.4, -0.2) is 38.6 Å². The Bertz CT molecular complexity index is 921. The average molecular weight is 389 g/mol. The summed E-state index contributed by atoms with van der Waals surface area (Å²) in [5.74, 6) is 1.47. The van der Waals surface area contributed by atoms with Crippen LogP contribution in [0.15, 0.2) is 40.1 Å². The van der Waals surface area contributed by atoms with Gasteiger partial charge in [-0.05, 0) is 24.5 Å². The van der Waals surface area contributed by atoms with Crippen molar-refractivity contribution in [1.29, 1.82) is 0 Å². The van der Waals surface area contributed by atoms with Crippen molar-refractivity contribution < 1.29 is 23.5 Å². The Balaban J connectivity index is 1.79. The number of carboxylic acids is 1. The third-order valence-corrected chi connectivity index (χ3v) is 4.92.